The predicted octanol–water partition coefficient (Wildman–Crippen LogP) is 0.132. The minimum Gasteiger partial charge on any atom is -0.376 e. The lowest BCUT2D eigenvalue weighted by Gasteiger charge is -2.11. The number of hydrogen-bond acceptors (Lipinski definition) is 5. The molecule has 6 nitrogen and oxygen atoms in total. The van der Waals surface area contributed by atoms with Crippen LogP contribution in [0.4, 0.5) is 4.79 Å². The first-order valence-electron chi connectivity index (χ1n) is 2.71. The van der Waals surface area contributed by atoms with Crippen LogP contribution in [-0.2, 0) is 13.6 Å². The van der Waals surface area contributed by atoms with E-state index in [1.165, 1.54) is 0 Å². The average molecular weight is 183 g/mol. The van der Waals surface area contributed by atoms with Gasteiger partial charge in [-0.05, 0) is 0 Å². The molecule has 0 fully saturated rings. The van der Waals surface area contributed by atoms with Crippen LogP contribution in [0.1, 0.15) is 0 Å². The summed E-state index contributed by atoms with van der Waals surface area (Å²) in [5.41, 5.74) is -0.954. The Hall–Kier alpha value is -0.420. The Morgan fingerprint density at radius 1 is 1.55 bits per heavy atom. The zero-order chi connectivity index (χ0) is 8.91. The maximum atomic E-state index is 11.1. The molecule has 0 aliphatic rings. The van der Waals surface area contributed by atoms with Gasteiger partial charge in [0.05, 0.1) is 0 Å². The maximum absolute atomic E-state index is 11.1. The molecule has 0 aliphatic carbocycles. The largest absolute Gasteiger partial charge is 0.417 e. The van der Waals surface area contributed by atoms with Gasteiger partial charge in [0.25, 0.3) is 0 Å². The Morgan fingerprint density at radius 3 is 2.27 bits per heavy atom. The monoisotopic (exact) mass is 183 g/mol. The first kappa shape index (κ1) is 10.6. The van der Waals surface area contributed by atoms with Crippen molar-refractivity contribution >= 4 is 13.2 Å². The summed E-state index contributed by atoms with van der Waals surface area (Å²) in [5.74, 6) is 0. The van der Waals surface area contributed by atoms with Crippen molar-refractivity contribution in [1.29, 1.82) is 0 Å². The number of nitrogens with one attached hydrogen (secondary N) is 1. The first-order valence-corrected chi connectivity index (χ1v) is 4.25. The molecule has 11 heavy (non-hydrogen) atoms. The molecule has 0 saturated heterocycles. The van der Waals surface area contributed by atoms with Gasteiger partial charge in [-0.15, -0.1) is 0 Å². The third-order valence-electron chi connectivity index (χ3n) is 0.960. The van der Waals surface area contributed by atoms with Crippen LogP contribution in [0.2, 0.25) is 0 Å². The molecule has 7 heteroatoms. The number of carbonyl (C=O) groups excluding carboxylic acids is 1. The first-order chi connectivity index (χ1) is 5.10. The van der Waals surface area contributed by atoms with Crippen molar-refractivity contribution in [2.75, 3.05) is 21.0 Å². The van der Waals surface area contributed by atoms with Crippen molar-refractivity contribution in [2.45, 2.75) is 0 Å². The van der Waals surface area contributed by atoms with E-state index in [4.69, 9.17) is 5.11 Å². The lowest BCUT2D eigenvalue weighted by molar-refractivity contribution is 0.216. The molecule has 2 N–H and O–H groups in total. The fraction of sp³-hybridized carbons (Fsp3) is 0.750. The molecule has 0 atom stereocenters. The van der Waals surface area contributed by atoms with Gasteiger partial charge in [0.2, 0.25) is 0 Å². The van der Waals surface area contributed by atoms with Crippen molar-refractivity contribution < 1.29 is 23.5 Å². The van der Waals surface area contributed by atoms with Crippen molar-refractivity contribution in [3.05, 3.63) is 0 Å². The van der Waals surface area contributed by atoms with Crippen molar-refractivity contribution in [2.24, 2.45) is 0 Å². The van der Waals surface area contributed by atoms with Crippen LogP contribution in [0, 0.1) is 0 Å². The highest BCUT2D eigenvalue weighted by molar-refractivity contribution is 7.71. The normalized spacial score (nSPS) is 11.2. The van der Waals surface area contributed by atoms with Crippen LogP contribution in [0.15, 0.2) is 0 Å². The van der Waals surface area contributed by atoms with E-state index < -0.39 is 20.0 Å². The van der Waals surface area contributed by atoms with Crippen LogP contribution >= 0.6 is 7.60 Å². The van der Waals surface area contributed by atoms with Crippen LogP contribution in [-0.4, -0.2) is 31.7 Å². The predicted molar refractivity (Wildman–Crippen MR) is 37.2 cm³/mol. The second-order valence-electron chi connectivity index (χ2n) is 1.50. The average Bonchev–Trinajstić information content (AvgIpc) is 2.03. The van der Waals surface area contributed by atoms with E-state index in [2.05, 4.69) is 9.05 Å². The van der Waals surface area contributed by atoms with Gasteiger partial charge in [0.15, 0.2) is 0 Å². The van der Waals surface area contributed by atoms with Gasteiger partial charge in [-0.25, -0.2) is 4.57 Å². The highest BCUT2D eigenvalue weighted by atomic mass is 31.2. The molecule has 0 heterocycles. The lowest BCUT2D eigenvalue weighted by Crippen LogP contribution is -2.23. The molecule has 0 saturated carbocycles. The minimum atomic E-state index is -3.70. The summed E-state index contributed by atoms with van der Waals surface area (Å²) >= 11 is 0. The summed E-state index contributed by atoms with van der Waals surface area (Å²) < 4.78 is 19.7. The van der Waals surface area contributed by atoms with E-state index in [1.54, 1.807) is 0 Å². The molecule has 0 radical (unpaired) electrons. The summed E-state index contributed by atoms with van der Waals surface area (Å²) in [7, 11) is -1.53. The van der Waals surface area contributed by atoms with Gasteiger partial charge < -0.3 is 19.5 Å². The third-order valence-corrected chi connectivity index (χ3v) is 2.58. The molecule has 0 aromatic rings. The standard InChI is InChI=1S/C4H10NO5P/c1-9-11(8,10-2)4(7)5-3-6/h6H,3H2,1-2H3,(H,5,7). The van der Waals surface area contributed by atoms with Gasteiger partial charge in [-0.2, -0.15) is 0 Å². The second kappa shape index (κ2) is 4.46. The highest BCUT2D eigenvalue weighted by Gasteiger charge is 2.31. The van der Waals surface area contributed by atoms with Gasteiger partial charge in [-0.1, -0.05) is 0 Å². The number of rotatable bonds is 4. The lowest BCUT2D eigenvalue weighted by atomic mass is 11.1. The summed E-state index contributed by atoms with van der Waals surface area (Å²) in [6.07, 6.45) is 0. The molecular formula is C4H10NO5P. The third kappa shape index (κ3) is 2.59. The molecule has 0 unspecified atom stereocenters. The minimum absolute atomic E-state index is 0.602. The van der Waals surface area contributed by atoms with Crippen LogP contribution < -0.4 is 5.32 Å². The van der Waals surface area contributed by atoms with E-state index in [-0.39, 0.29) is 0 Å². The summed E-state index contributed by atoms with van der Waals surface area (Å²) in [4.78, 5) is 10.7. The van der Waals surface area contributed by atoms with Crippen molar-refractivity contribution in [3.63, 3.8) is 0 Å². The van der Waals surface area contributed by atoms with Crippen molar-refractivity contribution in [3.8, 4) is 0 Å². The Bertz CT molecular complexity index is 173. The Morgan fingerprint density at radius 2 is 2.00 bits per heavy atom. The molecule has 0 spiro atoms. The number of amides is 1. The summed E-state index contributed by atoms with van der Waals surface area (Å²) in [6, 6.07) is 0. The molecule has 0 aromatic carbocycles. The maximum Gasteiger partial charge on any atom is 0.417 e. The van der Waals surface area contributed by atoms with E-state index in [1.807, 2.05) is 5.32 Å². The summed E-state index contributed by atoms with van der Waals surface area (Å²) in [6.45, 7) is -0.602. The molecule has 0 aliphatic heterocycles. The van der Waals surface area contributed by atoms with Crippen LogP contribution in [0.3, 0.4) is 0 Å². The van der Waals surface area contributed by atoms with E-state index >= 15 is 0 Å². The molecule has 1 amide bonds. The number of carbonyl (C=O) groups is 1. The van der Waals surface area contributed by atoms with Gasteiger partial charge in [-0.3, -0.25) is 4.79 Å². The zero-order valence-corrected chi connectivity index (χ0v) is 7.13. The van der Waals surface area contributed by atoms with Crippen LogP contribution in [0.5, 0.6) is 0 Å². The number of hydrogen-bond donors (Lipinski definition) is 2. The number of aliphatic hydroxyl groups is 1. The van der Waals surface area contributed by atoms with Crippen LogP contribution in [0.25, 0.3) is 0 Å². The smallest absolute Gasteiger partial charge is 0.376 e. The fourth-order valence-electron chi connectivity index (χ4n) is 0.405. The molecule has 66 valence electrons. The number of aliphatic hydroxyl groups excluding tert-OH is 1. The van der Waals surface area contributed by atoms with Gasteiger partial charge in [0, 0.05) is 14.2 Å². The quantitative estimate of drug-likeness (QED) is 0.478. The van der Waals surface area contributed by atoms with Gasteiger partial charge in [0.1, 0.15) is 6.73 Å². The van der Waals surface area contributed by atoms with E-state index in [9.17, 15) is 9.36 Å². The molecule has 0 rings (SSSR count). The molecular weight excluding hydrogens is 173 g/mol. The summed E-state index contributed by atoms with van der Waals surface area (Å²) in [5, 5.41) is 10.1. The zero-order valence-electron chi connectivity index (χ0n) is 6.23. The Labute approximate surface area is 64.0 Å². The van der Waals surface area contributed by atoms with E-state index in [0.717, 1.165) is 14.2 Å². The Balaban J connectivity index is 4.26. The highest BCUT2D eigenvalue weighted by Crippen LogP contribution is 2.46. The topological polar surface area (TPSA) is 84.9 Å². The Kier molecular flexibility index (Phi) is 4.29. The van der Waals surface area contributed by atoms with Crippen molar-refractivity contribution in [1.82, 2.24) is 5.32 Å². The molecule has 0 aromatic heterocycles. The van der Waals surface area contributed by atoms with E-state index in [0.29, 0.717) is 0 Å². The second-order valence-corrected chi connectivity index (χ2v) is 3.63. The van der Waals surface area contributed by atoms with Gasteiger partial charge >= 0.3 is 13.2 Å². The molecule has 0 bridgehead atoms. The fourth-order valence-corrected chi connectivity index (χ4v) is 1.15. The SMILES string of the molecule is COP(=O)(OC)C(=O)NCO.